The number of benzene rings is 1. The summed E-state index contributed by atoms with van der Waals surface area (Å²) in [7, 11) is 1.63. The van der Waals surface area contributed by atoms with Crippen LogP contribution < -0.4 is 10.1 Å². The van der Waals surface area contributed by atoms with Gasteiger partial charge >= 0.3 is 0 Å². The molecular formula is C18H24N2O3S. The number of hydrogen-bond acceptors (Lipinski definition) is 5. The molecule has 0 aliphatic rings. The summed E-state index contributed by atoms with van der Waals surface area (Å²) >= 11 is 1.37. The molecule has 0 saturated carbocycles. The second-order valence-electron chi connectivity index (χ2n) is 6.44. The number of nitrogens with zero attached hydrogens (tertiary/aromatic N) is 1. The molecule has 0 saturated heterocycles. The molecule has 0 fully saturated rings. The number of carbonyl (C=O) groups is 1. The molecule has 1 amide bonds. The van der Waals surface area contributed by atoms with E-state index < -0.39 is 0 Å². The van der Waals surface area contributed by atoms with Gasteiger partial charge < -0.3 is 15.2 Å². The summed E-state index contributed by atoms with van der Waals surface area (Å²) < 4.78 is 5.14. The Bertz CT molecular complexity index is 665. The van der Waals surface area contributed by atoms with E-state index in [0.717, 1.165) is 29.2 Å². The lowest BCUT2D eigenvalue weighted by atomic mass is 9.89. The van der Waals surface area contributed by atoms with Crippen molar-refractivity contribution < 1.29 is 14.6 Å². The van der Waals surface area contributed by atoms with Crippen LogP contribution in [-0.2, 0) is 0 Å². The first-order valence-corrected chi connectivity index (χ1v) is 8.76. The molecule has 0 bridgehead atoms. The van der Waals surface area contributed by atoms with E-state index >= 15 is 0 Å². The third kappa shape index (κ3) is 5.04. The minimum absolute atomic E-state index is 0.100. The van der Waals surface area contributed by atoms with E-state index in [1.54, 1.807) is 13.3 Å². The molecule has 6 heteroatoms. The van der Waals surface area contributed by atoms with Crippen molar-refractivity contribution in [3.63, 3.8) is 0 Å². The van der Waals surface area contributed by atoms with E-state index in [4.69, 9.17) is 4.74 Å². The highest BCUT2D eigenvalue weighted by molar-refractivity contribution is 7.16. The lowest BCUT2D eigenvalue weighted by Gasteiger charge is -2.21. The maximum Gasteiger partial charge on any atom is 0.263 e. The van der Waals surface area contributed by atoms with E-state index in [2.05, 4.69) is 10.3 Å². The molecule has 0 aliphatic carbocycles. The number of aromatic nitrogens is 1. The monoisotopic (exact) mass is 348 g/mol. The molecule has 0 radical (unpaired) electrons. The van der Waals surface area contributed by atoms with Crippen LogP contribution in [0.25, 0.3) is 10.6 Å². The SMILES string of the molecule is COc1ccc(-c2ncc(C(=O)NCCCC(C)(C)CO)s2)cc1. The molecule has 2 aromatic rings. The molecule has 0 atom stereocenters. The Morgan fingerprint density at radius 3 is 2.67 bits per heavy atom. The quantitative estimate of drug-likeness (QED) is 0.718. The number of ether oxygens (including phenoxy) is 1. The summed E-state index contributed by atoms with van der Waals surface area (Å²) in [5.41, 5.74) is 0.862. The predicted molar refractivity (Wildman–Crippen MR) is 96.5 cm³/mol. The first-order valence-electron chi connectivity index (χ1n) is 7.94. The number of carbonyl (C=O) groups excluding carboxylic acids is 1. The number of nitrogens with one attached hydrogen (secondary N) is 1. The third-order valence-electron chi connectivity index (χ3n) is 3.81. The van der Waals surface area contributed by atoms with Crippen molar-refractivity contribution in [1.29, 1.82) is 0 Å². The zero-order chi connectivity index (χ0) is 17.6. The van der Waals surface area contributed by atoms with E-state index in [9.17, 15) is 9.90 Å². The normalized spacial score (nSPS) is 11.3. The smallest absolute Gasteiger partial charge is 0.263 e. The average molecular weight is 348 g/mol. The number of aliphatic hydroxyl groups is 1. The first kappa shape index (κ1) is 18.4. The van der Waals surface area contributed by atoms with Gasteiger partial charge in [0.2, 0.25) is 0 Å². The van der Waals surface area contributed by atoms with Gasteiger partial charge in [-0.25, -0.2) is 4.98 Å². The highest BCUT2D eigenvalue weighted by Crippen LogP contribution is 2.27. The van der Waals surface area contributed by atoms with Crippen LogP contribution >= 0.6 is 11.3 Å². The number of thiazole rings is 1. The molecular weight excluding hydrogens is 324 g/mol. The van der Waals surface area contributed by atoms with Crippen molar-refractivity contribution in [1.82, 2.24) is 10.3 Å². The van der Waals surface area contributed by atoms with Crippen LogP contribution in [0.3, 0.4) is 0 Å². The summed E-state index contributed by atoms with van der Waals surface area (Å²) in [6.45, 7) is 4.78. The van der Waals surface area contributed by atoms with Crippen molar-refractivity contribution in [2.24, 2.45) is 5.41 Å². The van der Waals surface area contributed by atoms with Gasteiger partial charge in [0, 0.05) is 18.7 Å². The molecule has 0 spiro atoms. The van der Waals surface area contributed by atoms with E-state index in [0.29, 0.717) is 11.4 Å². The minimum Gasteiger partial charge on any atom is -0.497 e. The van der Waals surface area contributed by atoms with Gasteiger partial charge in [-0.2, -0.15) is 0 Å². The number of rotatable bonds is 8. The molecule has 1 heterocycles. The number of methoxy groups -OCH3 is 1. The molecule has 2 rings (SSSR count). The Labute approximate surface area is 146 Å². The Kier molecular flexibility index (Phi) is 6.34. The Morgan fingerprint density at radius 1 is 1.33 bits per heavy atom. The second-order valence-corrected chi connectivity index (χ2v) is 7.47. The first-order chi connectivity index (χ1) is 11.4. The Morgan fingerprint density at radius 2 is 2.04 bits per heavy atom. The van der Waals surface area contributed by atoms with E-state index in [1.807, 2.05) is 38.1 Å². The van der Waals surface area contributed by atoms with Gasteiger partial charge in [0.25, 0.3) is 5.91 Å². The number of amides is 1. The summed E-state index contributed by atoms with van der Waals surface area (Å²) in [5.74, 6) is 0.688. The summed E-state index contributed by atoms with van der Waals surface area (Å²) in [4.78, 5) is 17.1. The molecule has 5 nitrogen and oxygen atoms in total. The van der Waals surface area contributed by atoms with Crippen molar-refractivity contribution >= 4 is 17.2 Å². The number of hydrogen-bond donors (Lipinski definition) is 2. The van der Waals surface area contributed by atoms with Crippen molar-refractivity contribution in [3.8, 4) is 16.3 Å². The van der Waals surface area contributed by atoms with Crippen molar-refractivity contribution in [2.45, 2.75) is 26.7 Å². The van der Waals surface area contributed by atoms with E-state index in [1.165, 1.54) is 11.3 Å². The molecule has 1 aromatic heterocycles. The zero-order valence-corrected chi connectivity index (χ0v) is 15.2. The fourth-order valence-corrected chi connectivity index (χ4v) is 3.02. The Hall–Kier alpha value is -1.92. The van der Waals surface area contributed by atoms with Gasteiger partial charge in [0.05, 0.1) is 13.3 Å². The summed E-state index contributed by atoms with van der Waals surface area (Å²) in [6.07, 6.45) is 3.31. The van der Waals surface area contributed by atoms with Crippen LogP contribution in [-0.4, -0.2) is 36.3 Å². The molecule has 0 unspecified atom stereocenters. The predicted octanol–water partition coefficient (Wildman–Crippen LogP) is 3.35. The van der Waals surface area contributed by atoms with Crippen LogP contribution in [0.5, 0.6) is 5.75 Å². The van der Waals surface area contributed by atoms with Gasteiger partial charge in [-0.15, -0.1) is 11.3 Å². The van der Waals surface area contributed by atoms with E-state index in [-0.39, 0.29) is 17.9 Å². The van der Waals surface area contributed by atoms with Gasteiger partial charge in [-0.1, -0.05) is 13.8 Å². The lowest BCUT2D eigenvalue weighted by molar-refractivity contribution is 0.0952. The van der Waals surface area contributed by atoms with Crippen molar-refractivity contribution in [3.05, 3.63) is 35.3 Å². The molecule has 2 N–H and O–H groups in total. The highest BCUT2D eigenvalue weighted by atomic mass is 32.1. The summed E-state index contributed by atoms with van der Waals surface area (Å²) in [6, 6.07) is 7.60. The molecule has 130 valence electrons. The van der Waals surface area contributed by atoms with Crippen molar-refractivity contribution in [2.75, 3.05) is 20.3 Å². The maximum absolute atomic E-state index is 12.2. The van der Waals surface area contributed by atoms with Gasteiger partial charge in [0.1, 0.15) is 15.6 Å². The average Bonchev–Trinajstić information content (AvgIpc) is 3.09. The molecule has 1 aromatic carbocycles. The third-order valence-corrected chi connectivity index (χ3v) is 4.86. The highest BCUT2D eigenvalue weighted by Gasteiger charge is 2.16. The Balaban J connectivity index is 1.88. The number of aliphatic hydroxyl groups excluding tert-OH is 1. The minimum atomic E-state index is -0.103. The van der Waals surface area contributed by atoms with Crippen LogP contribution in [0.15, 0.2) is 30.5 Å². The van der Waals surface area contributed by atoms with Crippen LogP contribution in [0.4, 0.5) is 0 Å². The van der Waals surface area contributed by atoms with Gasteiger partial charge in [0.15, 0.2) is 0 Å². The second kappa shape index (κ2) is 8.26. The maximum atomic E-state index is 12.2. The van der Waals surface area contributed by atoms with Crippen LogP contribution in [0.2, 0.25) is 0 Å². The molecule has 24 heavy (non-hydrogen) atoms. The molecule has 0 aliphatic heterocycles. The zero-order valence-electron chi connectivity index (χ0n) is 14.3. The van der Waals surface area contributed by atoms with Crippen LogP contribution in [0.1, 0.15) is 36.4 Å². The van der Waals surface area contributed by atoms with Crippen LogP contribution in [0, 0.1) is 5.41 Å². The fourth-order valence-electron chi connectivity index (χ4n) is 2.18. The lowest BCUT2D eigenvalue weighted by Crippen LogP contribution is -2.25. The van der Waals surface area contributed by atoms with Gasteiger partial charge in [-0.3, -0.25) is 4.79 Å². The van der Waals surface area contributed by atoms with Gasteiger partial charge in [-0.05, 0) is 42.5 Å². The fraction of sp³-hybridized carbons (Fsp3) is 0.444. The standard InChI is InChI=1S/C18H24N2O3S/c1-18(2,12-21)9-4-10-19-16(22)15-11-20-17(24-15)13-5-7-14(23-3)8-6-13/h5-8,11,21H,4,9-10,12H2,1-3H3,(H,19,22). The largest absolute Gasteiger partial charge is 0.497 e. The summed E-state index contributed by atoms with van der Waals surface area (Å²) in [5, 5.41) is 12.9. The topological polar surface area (TPSA) is 71.5 Å².